The van der Waals surface area contributed by atoms with Gasteiger partial charge in [0, 0.05) is 16.8 Å². The summed E-state index contributed by atoms with van der Waals surface area (Å²) in [6.45, 7) is 0. The van der Waals surface area contributed by atoms with Crippen molar-refractivity contribution in [2.75, 3.05) is 5.73 Å². The van der Waals surface area contributed by atoms with Gasteiger partial charge < -0.3 is 5.73 Å². The maximum Gasteiger partial charge on any atom is 0.0950 e. The molecule has 6 heteroatoms. The van der Waals surface area contributed by atoms with E-state index in [9.17, 15) is 0 Å². The van der Waals surface area contributed by atoms with Crippen molar-refractivity contribution in [1.29, 1.82) is 5.26 Å². The van der Waals surface area contributed by atoms with Gasteiger partial charge in [0.15, 0.2) is 0 Å². The first-order valence-corrected chi connectivity index (χ1v) is 6.43. The average molecular weight is 313 g/mol. The molecule has 2 aromatic rings. The third-order valence-electron chi connectivity index (χ3n) is 2.60. The smallest absolute Gasteiger partial charge is 0.0950 e. The third kappa shape index (κ3) is 2.76. The lowest BCUT2D eigenvalue weighted by Crippen LogP contribution is -1.99. The van der Waals surface area contributed by atoms with Crippen molar-refractivity contribution in [1.82, 2.24) is 4.98 Å². The molecule has 0 fully saturated rings. The minimum Gasteiger partial charge on any atom is -0.397 e. The van der Waals surface area contributed by atoms with Crippen LogP contribution in [-0.4, -0.2) is 4.98 Å². The molecule has 19 heavy (non-hydrogen) atoms. The number of hydrogen-bond donors (Lipinski definition) is 1. The quantitative estimate of drug-likeness (QED) is 0.838. The monoisotopic (exact) mass is 311 g/mol. The van der Waals surface area contributed by atoms with Gasteiger partial charge in [-0.2, -0.15) is 5.26 Å². The van der Waals surface area contributed by atoms with Crippen LogP contribution >= 0.6 is 34.8 Å². The summed E-state index contributed by atoms with van der Waals surface area (Å²) in [6.07, 6.45) is 1.77. The number of hydrogen-bond acceptors (Lipinski definition) is 3. The van der Waals surface area contributed by atoms with Crippen LogP contribution in [0.1, 0.15) is 5.56 Å². The summed E-state index contributed by atoms with van der Waals surface area (Å²) in [6, 6.07) is 6.93. The standard InChI is InChI=1S/C13H8Cl3N3/c14-8-5-9(11(16)10(15)6-8)13-12(18)7(1-3-17)2-4-19-13/h2,4-6H,1,18H2. The Balaban J connectivity index is 2.66. The van der Waals surface area contributed by atoms with E-state index in [1.807, 2.05) is 6.07 Å². The van der Waals surface area contributed by atoms with Gasteiger partial charge >= 0.3 is 0 Å². The molecule has 2 N–H and O–H groups in total. The SMILES string of the molecule is N#CCc1ccnc(-c2cc(Cl)cc(Cl)c2Cl)c1N. The topological polar surface area (TPSA) is 62.7 Å². The van der Waals surface area contributed by atoms with Gasteiger partial charge in [-0.1, -0.05) is 34.8 Å². The fourth-order valence-corrected chi connectivity index (χ4v) is 2.39. The Kier molecular flexibility index (Phi) is 4.16. The summed E-state index contributed by atoms with van der Waals surface area (Å²) < 4.78 is 0. The van der Waals surface area contributed by atoms with Crippen molar-refractivity contribution < 1.29 is 0 Å². The van der Waals surface area contributed by atoms with E-state index in [0.29, 0.717) is 37.6 Å². The number of rotatable bonds is 2. The molecule has 3 nitrogen and oxygen atoms in total. The Bertz CT molecular complexity index is 678. The Hall–Kier alpha value is -1.47. The fourth-order valence-electron chi connectivity index (χ4n) is 1.70. The molecule has 0 aliphatic carbocycles. The summed E-state index contributed by atoms with van der Waals surface area (Å²) in [5, 5.41) is 9.86. The Morgan fingerprint density at radius 2 is 2.00 bits per heavy atom. The molecule has 1 aromatic heterocycles. The number of benzene rings is 1. The van der Waals surface area contributed by atoms with Gasteiger partial charge in [0.2, 0.25) is 0 Å². The number of pyridine rings is 1. The first-order valence-electron chi connectivity index (χ1n) is 5.29. The van der Waals surface area contributed by atoms with E-state index in [1.165, 1.54) is 0 Å². The zero-order valence-corrected chi connectivity index (χ0v) is 11.9. The lowest BCUT2D eigenvalue weighted by molar-refractivity contribution is 1.22. The number of nitrogen functional groups attached to an aromatic ring is 1. The molecule has 0 spiro atoms. The second kappa shape index (κ2) is 5.66. The molecule has 0 aliphatic heterocycles. The van der Waals surface area contributed by atoms with Gasteiger partial charge in [-0.3, -0.25) is 4.98 Å². The van der Waals surface area contributed by atoms with E-state index < -0.39 is 0 Å². The first kappa shape index (κ1) is 14.0. The van der Waals surface area contributed by atoms with E-state index in [1.54, 1.807) is 24.4 Å². The molecule has 2 rings (SSSR count). The largest absolute Gasteiger partial charge is 0.397 e. The van der Waals surface area contributed by atoms with Crippen molar-refractivity contribution >= 4 is 40.5 Å². The van der Waals surface area contributed by atoms with Crippen LogP contribution in [0.25, 0.3) is 11.3 Å². The number of nitrogens with zero attached hydrogens (tertiary/aromatic N) is 2. The Morgan fingerprint density at radius 3 is 2.68 bits per heavy atom. The lowest BCUT2D eigenvalue weighted by atomic mass is 10.0. The summed E-state index contributed by atoms with van der Waals surface area (Å²) >= 11 is 18.1. The third-order valence-corrected chi connectivity index (χ3v) is 3.62. The average Bonchev–Trinajstić information content (AvgIpc) is 2.37. The van der Waals surface area contributed by atoms with Crippen molar-refractivity contribution in [3.05, 3.63) is 45.0 Å². The van der Waals surface area contributed by atoms with Gasteiger partial charge in [0.25, 0.3) is 0 Å². The predicted octanol–water partition coefficient (Wildman–Crippen LogP) is 4.36. The molecule has 0 saturated carbocycles. The van der Waals surface area contributed by atoms with Crippen LogP contribution in [0.2, 0.25) is 15.1 Å². The van der Waals surface area contributed by atoms with E-state index in [2.05, 4.69) is 4.98 Å². The normalized spacial score (nSPS) is 10.2. The highest BCUT2D eigenvalue weighted by molar-refractivity contribution is 6.45. The van der Waals surface area contributed by atoms with Crippen molar-refractivity contribution in [3.63, 3.8) is 0 Å². The van der Waals surface area contributed by atoms with Crippen LogP contribution in [0.4, 0.5) is 5.69 Å². The fraction of sp³-hybridized carbons (Fsp3) is 0.0769. The van der Waals surface area contributed by atoms with Crippen LogP contribution in [-0.2, 0) is 6.42 Å². The highest BCUT2D eigenvalue weighted by atomic mass is 35.5. The summed E-state index contributed by atoms with van der Waals surface area (Å²) in [7, 11) is 0. The molecule has 0 saturated heterocycles. The van der Waals surface area contributed by atoms with Crippen LogP contribution < -0.4 is 5.73 Å². The van der Waals surface area contributed by atoms with Gasteiger partial charge in [-0.05, 0) is 23.8 Å². The number of nitriles is 1. The van der Waals surface area contributed by atoms with E-state index in [4.69, 9.17) is 45.8 Å². The molecule has 96 valence electrons. The van der Waals surface area contributed by atoms with Gasteiger partial charge in [0.1, 0.15) is 0 Å². The van der Waals surface area contributed by atoms with Gasteiger partial charge in [-0.25, -0.2) is 0 Å². The van der Waals surface area contributed by atoms with Crippen molar-refractivity contribution in [2.24, 2.45) is 0 Å². The summed E-state index contributed by atoms with van der Waals surface area (Å²) in [4.78, 5) is 4.20. The molecule has 1 aromatic carbocycles. The second-order valence-electron chi connectivity index (χ2n) is 3.82. The molecule has 0 radical (unpaired) electrons. The number of halogens is 3. The molecule has 0 bridgehead atoms. The van der Waals surface area contributed by atoms with E-state index >= 15 is 0 Å². The Morgan fingerprint density at radius 1 is 1.26 bits per heavy atom. The van der Waals surface area contributed by atoms with Crippen molar-refractivity contribution in [3.8, 4) is 17.3 Å². The lowest BCUT2D eigenvalue weighted by Gasteiger charge is -2.11. The molecule has 0 unspecified atom stereocenters. The summed E-state index contributed by atoms with van der Waals surface area (Å²) in [5.41, 5.74) is 8.14. The molecule has 0 atom stereocenters. The van der Waals surface area contributed by atoms with Crippen molar-refractivity contribution in [2.45, 2.75) is 6.42 Å². The second-order valence-corrected chi connectivity index (χ2v) is 5.04. The molecular formula is C13H8Cl3N3. The Labute approximate surface area is 125 Å². The van der Waals surface area contributed by atoms with Crippen LogP contribution in [0.5, 0.6) is 0 Å². The summed E-state index contributed by atoms with van der Waals surface area (Å²) in [5.74, 6) is 0. The maximum absolute atomic E-state index is 8.75. The zero-order valence-electron chi connectivity index (χ0n) is 9.62. The predicted molar refractivity (Wildman–Crippen MR) is 78.4 cm³/mol. The number of anilines is 1. The zero-order chi connectivity index (χ0) is 14.0. The highest BCUT2D eigenvalue weighted by Gasteiger charge is 2.14. The van der Waals surface area contributed by atoms with Crippen LogP contribution in [0.3, 0.4) is 0 Å². The number of aromatic nitrogens is 1. The minimum atomic E-state index is 0.202. The van der Waals surface area contributed by atoms with Crippen LogP contribution in [0, 0.1) is 11.3 Å². The maximum atomic E-state index is 8.75. The van der Waals surface area contributed by atoms with Gasteiger partial charge in [-0.15, -0.1) is 0 Å². The first-order chi connectivity index (χ1) is 9.04. The number of nitrogens with two attached hydrogens (primary N) is 1. The molecule has 1 heterocycles. The minimum absolute atomic E-state index is 0.202. The van der Waals surface area contributed by atoms with Crippen LogP contribution in [0.15, 0.2) is 24.4 Å². The molecule has 0 aliphatic rings. The van der Waals surface area contributed by atoms with Gasteiger partial charge in [0.05, 0.1) is 33.9 Å². The highest BCUT2D eigenvalue weighted by Crippen LogP contribution is 2.38. The van der Waals surface area contributed by atoms with E-state index in [0.717, 1.165) is 0 Å². The van der Waals surface area contributed by atoms with E-state index in [-0.39, 0.29) is 6.42 Å². The molecular weight excluding hydrogens is 305 g/mol. The molecule has 0 amide bonds.